The summed E-state index contributed by atoms with van der Waals surface area (Å²) in [5.74, 6) is -0.546. The van der Waals surface area contributed by atoms with Crippen LogP contribution in [0.3, 0.4) is 0 Å². The standard InChI is InChI=1S/C23H25N5O5/c1-2-33-22(30)20-8-12-28(26-20)19-5-3-4-18(14-19)25-23(31)24-17-6-10-27(11-7-17)21(29)16-9-13-32-15-16/h3-5,8-9,12-15,17H,2,6-7,10-11H2,1H3,(H2,24,25,31). The highest BCUT2D eigenvalue weighted by Crippen LogP contribution is 2.17. The number of benzene rings is 1. The third-order valence-corrected chi connectivity index (χ3v) is 5.33. The van der Waals surface area contributed by atoms with Gasteiger partial charge < -0.3 is 24.7 Å². The van der Waals surface area contributed by atoms with Gasteiger partial charge in [0.1, 0.15) is 6.26 Å². The van der Waals surface area contributed by atoms with Gasteiger partial charge >= 0.3 is 12.0 Å². The molecule has 33 heavy (non-hydrogen) atoms. The van der Waals surface area contributed by atoms with Gasteiger partial charge in [0.15, 0.2) is 5.69 Å². The fourth-order valence-corrected chi connectivity index (χ4v) is 3.66. The van der Waals surface area contributed by atoms with Gasteiger partial charge in [-0.05, 0) is 50.1 Å². The van der Waals surface area contributed by atoms with E-state index in [-0.39, 0.29) is 30.3 Å². The van der Waals surface area contributed by atoms with Gasteiger partial charge in [0.25, 0.3) is 5.91 Å². The molecule has 2 aromatic heterocycles. The fraction of sp³-hybridized carbons (Fsp3) is 0.304. The molecule has 1 aromatic carbocycles. The second-order valence-electron chi connectivity index (χ2n) is 7.59. The Morgan fingerprint density at radius 2 is 2.00 bits per heavy atom. The first-order valence-corrected chi connectivity index (χ1v) is 10.8. The molecule has 0 aliphatic carbocycles. The molecule has 0 atom stereocenters. The van der Waals surface area contributed by atoms with Crippen molar-refractivity contribution < 1.29 is 23.5 Å². The van der Waals surface area contributed by atoms with Gasteiger partial charge in [-0.3, -0.25) is 4.79 Å². The molecule has 3 aromatic rings. The fourth-order valence-electron chi connectivity index (χ4n) is 3.66. The van der Waals surface area contributed by atoms with Crippen molar-refractivity contribution in [2.45, 2.75) is 25.8 Å². The van der Waals surface area contributed by atoms with E-state index < -0.39 is 5.97 Å². The zero-order valence-electron chi connectivity index (χ0n) is 18.2. The summed E-state index contributed by atoms with van der Waals surface area (Å²) in [6.07, 6.45) is 5.91. The summed E-state index contributed by atoms with van der Waals surface area (Å²) in [6, 6.07) is 10.0. The van der Waals surface area contributed by atoms with Gasteiger partial charge in [0, 0.05) is 31.0 Å². The minimum Gasteiger partial charge on any atom is -0.472 e. The smallest absolute Gasteiger partial charge is 0.358 e. The number of nitrogens with one attached hydrogen (secondary N) is 2. The predicted molar refractivity (Wildman–Crippen MR) is 119 cm³/mol. The van der Waals surface area contributed by atoms with Gasteiger partial charge in [-0.1, -0.05) is 6.07 Å². The number of carbonyl (C=O) groups excluding carboxylic acids is 3. The zero-order valence-corrected chi connectivity index (χ0v) is 18.2. The Hall–Kier alpha value is -4.08. The Labute approximate surface area is 190 Å². The Kier molecular flexibility index (Phi) is 6.72. The van der Waals surface area contributed by atoms with Crippen LogP contribution in [0, 0.1) is 0 Å². The third-order valence-electron chi connectivity index (χ3n) is 5.33. The number of rotatable bonds is 6. The highest BCUT2D eigenvalue weighted by Gasteiger charge is 2.25. The number of piperidine rings is 1. The van der Waals surface area contributed by atoms with Crippen molar-refractivity contribution in [2.75, 3.05) is 25.0 Å². The first kappa shape index (κ1) is 22.1. The number of esters is 1. The zero-order chi connectivity index (χ0) is 23.2. The van der Waals surface area contributed by atoms with Crippen molar-refractivity contribution in [3.05, 3.63) is 66.4 Å². The third kappa shape index (κ3) is 5.40. The van der Waals surface area contributed by atoms with Gasteiger partial charge in [0.05, 0.1) is 24.1 Å². The normalized spacial score (nSPS) is 14.0. The monoisotopic (exact) mass is 451 g/mol. The summed E-state index contributed by atoms with van der Waals surface area (Å²) >= 11 is 0. The molecule has 0 saturated carbocycles. The van der Waals surface area contributed by atoms with E-state index in [1.807, 2.05) is 6.07 Å². The minimum atomic E-state index is -0.484. The van der Waals surface area contributed by atoms with E-state index in [9.17, 15) is 14.4 Å². The topological polar surface area (TPSA) is 119 Å². The summed E-state index contributed by atoms with van der Waals surface area (Å²) in [5, 5.41) is 10.0. The molecule has 1 aliphatic heterocycles. The van der Waals surface area contributed by atoms with Crippen LogP contribution in [-0.4, -0.2) is 58.3 Å². The molecule has 1 fully saturated rings. The van der Waals surface area contributed by atoms with Crippen LogP contribution in [0.5, 0.6) is 0 Å². The van der Waals surface area contributed by atoms with Crippen LogP contribution < -0.4 is 10.6 Å². The van der Waals surface area contributed by atoms with Crippen molar-refractivity contribution in [3.8, 4) is 5.69 Å². The van der Waals surface area contributed by atoms with E-state index in [2.05, 4.69) is 15.7 Å². The number of hydrogen-bond donors (Lipinski definition) is 2. The van der Waals surface area contributed by atoms with Crippen LogP contribution in [0.25, 0.3) is 5.69 Å². The number of carbonyl (C=O) groups is 3. The van der Waals surface area contributed by atoms with E-state index in [1.165, 1.54) is 12.5 Å². The van der Waals surface area contributed by atoms with Gasteiger partial charge in [0.2, 0.25) is 0 Å². The lowest BCUT2D eigenvalue weighted by Gasteiger charge is -2.32. The van der Waals surface area contributed by atoms with Gasteiger partial charge in [-0.15, -0.1) is 0 Å². The largest absolute Gasteiger partial charge is 0.472 e. The maximum Gasteiger partial charge on any atom is 0.358 e. The summed E-state index contributed by atoms with van der Waals surface area (Å²) in [7, 11) is 0. The molecule has 10 heteroatoms. The number of furan rings is 1. The van der Waals surface area contributed by atoms with Crippen molar-refractivity contribution in [1.29, 1.82) is 0 Å². The average molecular weight is 451 g/mol. The lowest BCUT2D eigenvalue weighted by molar-refractivity contribution is 0.0518. The number of likely N-dealkylation sites (tertiary alicyclic amines) is 1. The predicted octanol–water partition coefficient (Wildman–Crippen LogP) is 3.07. The van der Waals surface area contributed by atoms with Crippen LogP contribution >= 0.6 is 0 Å². The number of amides is 3. The molecule has 0 radical (unpaired) electrons. The Bertz CT molecular complexity index is 1120. The SMILES string of the molecule is CCOC(=O)c1ccn(-c2cccc(NC(=O)NC3CCN(C(=O)c4ccoc4)CC3)c2)n1. The molecule has 172 valence electrons. The van der Waals surface area contributed by atoms with E-state index in [1.54, 1.807) is 53.0 Å². The molecule has 1 saturated heterocycles. The maximum absolute atomic E-state index is 12.5. The molecular formula is C23H25N5O5. The molecule has 0 unspecified atom stereocenters. The summed E-state index contributed by atoms with van der Waals surface area (Å²) in [5.41, 5.74) is 2.02. The number of nitrogens with zero attached hydrogens (tertiary/aromatic N) is 3. The maximum atomic E-state index is 12.5. The van der Waals surface area contributed by atoms with Gasteiger partial charge in [-0.25, -0.2) is 14.3 Å². The lowest BCUT2D eigenvalue weighted by atomic mass is 10.0. The molecule has 4 rings (SSSR count). The van der Waals surface area contributed by atoms with Gasteiger partial charge in [-0.2, -0.15) is 5.10 Å². The molecule has 0 spiro atoms. The minimum absolute atomic E-state index is 0.0279. The first-order valence-electron chi connectivity index (χ1n) is 10.8. The van der Waals surface area contributed by atoms with Crippen molar-refractivity contribution >= 4 is 23.6 Å². The van der Waals surface area contributed by atoms with Crippen LogP contribution in [0.1, 0.15) is 40.6 Å². The van der Waals surface area contributed by atoms with Crippen LogP contribution in [0.4, 0.5) is 10.5 Å². The molecule has 1 aliphatic rings. The van der Waals surface area contributed by atoms with E-state index in [0.717, 1.165) is 0 Å². The van der Waals surface area contributed by atoms with Crippen molar-refractivity contribution in [1.82, 2.24) is 20.0 Å². The Morgan fingerprint density at radius 3 is 2.73 bits per heavy atom. The molecule has 10 nitrogen and oxygen atoms in total. The number of ether oxygens (including phenoxy) is 1. The molecule has 3 amide bonds. The molecule has 3 heterocycles. The van der Waals surface area contributed by atoms with Crippen LogP contribution in [-0.2, 0) is 4.74 Å². The highest BCUT2D eigenvalue weighted by molar-refractivity contribution is 5.94. The Balaban J connectivity index is 1.30. The first-order chi connectivity index (χ1) is 16.0. The van der Waals surface area contributed by atoms with E-state index in [0.29, 0.717) is 42.9 Å². The van der Waals surface area contributed by atoms with Crippen LogP contribution in [0.15, 0.2) is 59.5 Å². The summed E-state index contributed by atoms with van der Waals surface area (Å²) < 4.78 is 11.5. The number of anilines is 1. The van der Waals surface area contributed by atoms with Crippen molar-refractivity contribution in [3.63, 3.8) is 0 Å². The quantitative estimate of drug-likeness (QED) is 0.556. The average Bonchev–Trinajstić information content (AvgIpc) is 3.52. The summed E-state index contributed by atoms with van der Waals surface area (Å²) in [6.45, 7) is 3.14. The van der Waals surface area contributed by atoms with Crippen molar-refractivity contribution in [2.24, 2.45) is 0 Å². The number of urea groups is 1. The number of aromatic nitrogens is 2. The lowest BCUT2D eigenvalue weighted by Crippen LogP contribution is -2.47. The highest BCUT2D eigenvalue weighted by atomic mass is 16.5. The molecular weight excluding hydrogens is 426 g/mol. The molecule has 0 bridgehead atoms. The van der Waals surface area contributed by atoms with Crippen LogP contribution in [0.2, 0.25) is 0 Å². The molecule has 2 N–H and O–H groups in total. The Morgan fingerprint density at radius 1 is 1.18 bits per heavy atom. The van der Waals surface area contributed by atoms with E-state index in [4.69, 9.17) is 9.15 Å². The van der Waals surface area contributed by atoms with E-state index >= 15 is 0 Å². The second kappa shape index (κ2) is 10.0. The number of hydrogen-bond acceptors (Lipinski definition) is 6. The second-order valence-corrected chi connectivity index (χ2v) is 7.59. The summed E-state index contributed by atoms with van der Waals surface area (Å²) in [4.78, 5) is 38.5.